The lowest BCUT2D eigenvalue weighted by Gasteiger charge is -2.00. The van der Waals surface area contributed by atoms with Crippen molar-refractivity contribution in [3.63, 3.8) is 0 Å². The van der Waals surface area contributed by atoms with Crippen molar-refractivity contribution in [3.05, 3.63) is 40.4 Å². The number of halogens is 1. The molecule has 1 aromatic rings. The van der Waals surface area contributed by atoms with Gasteiger partial charge in [0.25, 0.3) is 0 Å². The van der Waals surface area contributed by atoms with Crippen LogP contribution in [0.3, 0.4) is 0 Å². The summed E-state index contributed by atoms with van der Waals surface area (Å²) < 4.78 is 5.82. The molecule has 1 aliphatic heterocycles. The highest BCUT2D eigenvalue weighted by Gasteiger charge is 2.14. The van der Waals surface area contributed by atoms with Gasteiger partial charge in [0.2, 0.25) is 0 Å². The van der Waals surface area contributed by atoms with Crippen LogP contribution < -0.4 is 0 Å². The van der Waals surface area contributed by atoms with E-state index in [-0.39, 0.29) is 5.97 Å². The summed E-state index contributed by atoms with van der Waals surface area (Å²) in [5.74, 6) is -0.255. The van der Waals surface area contributed by atoms with Crippen LogP contribution in [0.4, 0.5) is 0 Å². The first-order valence-corrected chi connectivity index (χ1v) is 4.68. The third kappa shape index (κ3) is 1.80. The van der Waals surface area contributed by atoms with Gasteiger partial charge in [-0.2, -0.15) is 0 Å². The Balaban J connectivity index is 2.36. The minimum Gasteiger partial charge on any atom is -0.458 e. The maximum Gasteiger partial charge on any atom is 0.331 e. The number of esters is 1. The van der Waals surface area contributed by atoms with Crippen LogP contribution in [-0.2, 0) is 9.53 Å². The second kappa shape index (κ2) is 3.34. The molecule has 0 atom stereocenters. The van der Waals surface area contributed by atoms with Gasteiger partial charge in [-0.3, -0.25) is 0 Å². The van der Waals surface area contributed by atoms with Crippen LogP contribution in [0.1, 0.15) is 5.56 Å². The van der Waals surface area contributed by atoms with Crippen LogP contribution in [0.15, 0.2) is 34.8 Å². The molecule has 0 spiro atoms. The maximum absolute atomic E-state index is 10.8. The molecule has 0 aliphatic carbocycles. The number of ether oxygens (including phenoxy) is 1. The number of carbonyl (C=O) groups excluding carboxylic acids is 1. The van der Waals surface area contributed by atoms with E-state index >= 15 is 0 Å². The highest BCUT2D eigenvalue weighted by Crippen LogP contribution is 2.22. The lowest BCUT2D eigenvalue weighted by molar-refractivity contribution is -0.134. The van der Waals surface area contributed by atoms with E-state index in [4.69, 9.17) is 4.74 Å². The van der Waals surface area contributed by atoms with Gasteiger partial charge in [0.1, 0.15) is 6.61 Å². The Labute approximate surface area is 84.3 Å². The quantitative estimate of drug-likeness (QED) is 0.703. The van der Waals surface area contributed by atoms with E-state index in [1.54, 1.807) is 0 Å². The predicted molar refractivity (Wildman–Crippen MR) is 53.1 cm³/mol. The third-order valence-corrected chi connectivity index (χ3v) is 2.35. The molecule has 0 aromatic heterocycles. The summed E-state index contributed by atoms with van der Waals surface area (Å²) in [7, 11) is 0. The molecule has 1 aromatic carbocycles. The summed E-state index contributed by atoms with van der Waals surface area (Å²) in [6.45, 7) is 0.384. The molecule has 0 unspecified atom stereocenters. The van der Waals surface area contributed by atoms with Gasteiger partial charge < -0.3 is 4.74 Å². The van der Waals surface area contributed by atoms with Crippen molar-refractivity contribution in [2.45, 2.75) is 0 Å². The summed E-state index contributed by atoms with van der Waals surface area (Å²) in [5.41, 5.74) is 1.96. The number of hydrogen-bond acceptors (Lipinski definition) is 2. The zero-order valence-corrected chi connectivity index (χ0v) is 8.37. The molecule has 3 heteroatoms. The molecule has 0 saturated carbocycles. The van der Waals surface area contributed by atoms with Crippen LogP contribution in [0.5, 0.6) is 0 Å². The maximum atomic E-state index is 10.8. The standard InChI is InChI=1S/C10H7BrO2/c11-9-3-1-2-7(4-9)8-5-10(12)13-6-8/h1-5H,6H2. The first-order chi connectivity index (χ1) is 6.25. The Morgan fingerprint density at radius 2 is 2.23 bits per heavy atom. The van der Waals surface area contributed by atoms with E-state index in [1.165, 1.54) is 6.08 Å². The van der Waals surface area contributed by atoms with Gasteiger partial charge in [0, 0.05) is 16.1 Å². The second-order valence-electron chi connectivity index (χ2n) is 2.79. The van der Waals surface area contributed by atoms with Crippen LogP contribution in [0.25, 0.3) is 5.57 Å². The molecule has 0 bridgehead atoms. The Kier molecular flexibility index (Phi) is 2.19. The summed E-state index contributed by atoms with van der Waals surface area (Å²) in [6, 6.07) is 7.80. The zero-order valence-electron chi connectivity index (χ0n) is 6.79. The van der Waals surface area contributed by atoms with Crippen LogP contribution in [0.2, 0.25) is 0 Å². The van der Waals surface area contributed by atoms with E-state index in [9.17, 15) is 4.79 Å². The van der Waals surface area contributed by atoms with E-state index < -0.39 is 0 Å². The van der Waals surface area contributed by atoms with Crippen molar-refractivity contribution in [2.75, 3.05) is 6.61 Å². The first-order valence-electron chi connectivity index (χ1n) is 3.89. The topological polar surface area (TPSA) is 26.3 Å². The molecule has 0 N–H and O–H groups in total. The van der Waals surface area contributed by atoms with Gasteiger partial charge in [0.15, 0.2) is 0 Å². The van der Waals surface area contributed by atoms with Crippen LogP contribution >= 0.6 is 15.9 Å². The highest BCUT2D eigenvalue weighted by atomic mass is 79.9. The molecular formula is C10H7BrO2. The van der Waals surface area contributed by atoms with Gasteiger partial charge in [-0.25, -0.2) is 4.79 Å². The molecule has 0 radical (unpaired) electrons. The molecule has 1 aliphatic rings. The Morgan fingerprint density at radius 3 is 2.85 bits per heavy atom. The minimum atomic E-state index is -0.255. The fraction of sp³-hybridized carbons (Fsp3) is 0.100. The average molecular weight is 239 g/mol. The number of rotatable bonds is 1. The summed E-state index contributed by atoms with van der Waals surface area (Å²) >= 11 is 3.37. The van der Waals surface area contributed by atoms with E-state index in [2.05, 4.69) is 15.9 Å². The molecule has 0 amide bonds. The van der Waals surface area contributed by atoms with Crippen LogP contribution in [-0.4, -0.2) is 12.6 Å². The van der Waals surface area contributed by atoms with E-state index in [0.717, 1.165) is 15.6 Å². The third-order valence-electron chi connectivity index (χ3n) is 1.86. The highest BCUT2D eigenvalue weighted by molar-refractivity contribution is 9.10. The van der Waals surface area contributed by atoms with Gasteiger partial charge in [-0.1, -0.05) is 28.1 Å². The monoisotopic (exact) mass is 238 g/mol. The Morgan fingerprint density at radius 1 is 1.38 bits per heavy atom. The second-order valence-corrected chi connectivity index (χ2v) is 3.70. The van der Waals surface area contributed by atoms with Gasteiger partial charge in [-0.05, 0) is 17.7 Å². The van der Waals surface area contributed by atoms with Gasteiger partial charge in [-0.15, -0.1) is 0 Å². The Bertz CT molecular complexity index is 382. The predicted octanol–water partition coefficient (Wildman–Crippen LogP) is 2.39. The molecule has 0 saturated heterocycles. The zero-order chi connectivity index (χ0) is 9.26. The van der Waals surface area contributed by atoms with Crippen LogP contribution in [0, 0.1) is 0 Å². The number of benzene rings is 1. The van der Waals surface area contributed by atoms with Crippen molar-refractivity contribution < 1.29 is 9.53 Å². The fourth-order valence-electron chi connectivity index (χ4n) is 1.23. The number of hydrogen-bond donors (Lipinski definition) is 0. The molecule has 1 heterocycles. The summed E-state index contributed by atoms with van der Waals surface area (Å²) in [6.07, 6.45) is 1.53. The van der Waals surface area contributed by atoms with Crippen molar-refractivity contribution in [2.24, 2.45) is 0 Å². The van der Waals surface area contributed by atoms with Crippen molar-refractivity contribution >= 4 is 27.5 Å². The minimum absolute atomic E-state index is 0.255. The normalized spacial score (nSPS) is 15.5. The van der Waals surface area contributed by atoms with Crippen molar-refractivity contribution in [3.8, 4) is 0 Å². The van der Waals surface area contributed by atoms with E-state index in [0.29, 0.717) is 6.61 Å². The summed E-state index contributed by atoms with van der Waals surface area (Å²) in [4.78, 5) is 10.8. The largest absolute Gasteiger partial charge is 0.458 e. The van der Waals surface area contributed by atoms with E-state index in [1.807, 2.05) is 24.3 Å². The Hall–Kier alpha value is -1.09. The van der Waals surface area contributed by atoms with Gasteiger partial charge >= 0.3 is 5.97 Å². The molecule has 66 valence electrons. The SMILES string of the molecule is O=C1C=C(c2cccc(Br)c2)CO1. The number of carbonyl (C=O) groups is 1. The molecule has 2 nitrogen and oxygen atoms in total. The number of cyclic esters (lactones) is 1. The molecule has 13 heavy (non-hydrogen) atoms. The van der Waals surface area contributed by atoms with Crippen molar-refractivity contribution in [1.82, 2.24) is 0 Å². The lowest BCUT2D eigenvalue weighted by atomic mass is 10.1. The van der Waals surface area contributed by atoms with Crippen molar-refractivity contribution in [1.29, 1.82) is 0 Å². The molecular weight excluding hydrogens is 232 g/mol. The molecule has 2 rings (SSSR count). The average Bonchev–Trinajstić information content (AvgIpc) is 2.52. The lowest BCUT2D eigenvalue weighted by Crippen LogP contribution is -1.91. The smallest absolute Gasteiger partial charge is 0.331 e. The van der Waals surface area contributed by atoms with Gasteiger partial charge in [0.05, 0.1) is 0 Å². The first kappa shape index (κ1) is 8.51. The summed E-state index contributed by atoms with van der Waals surface area (Å²) in [5, 5.41) is 0. The fourth-order valence-corrected chi connectivity index (χ4v) is 1.63. The molecule has 0 fully saturated rings.